The molecule has 1 amide bonds. The Morgan fingerprint density at radius 1 is 1.24 bits per heavy atom. The Hall–Kier alpha value is -1.63. The Morgan fingerprint density at radius 3 is 2.29 bits per heavy atom. The number of carbonyl (C=O) groups excluding carboxylic acids is 2. The van der Waals surface area contributed by atoms with Gasteiger partial charge >= 0.3 is 12.1 Å². The molecule has 0 spiro atoms. The van der Waals surface area contributed by atoms with E-state index in [0.717, 1.165) is 0 Å². The number of esters is 1. The summed E-state index contributed by atoms with van der Waals surface area (Å²) in [5.74, 6) is -0.391. The number of halogens is 1. The van der Waals surface area contributed by atoms with Crippen LogP contribution in [0.25, 0.3) is 0 Å². The van der Waals surface area contributed by atoms with Crippen LogP contribution in [0.3, 0.4) is 0 Å². The van der Waals surface area contributed by atoms with Crippen molar-refractivity contribution in [3.05, 3.63) is 22.3 Å². The Bertz CT molecular complexity index is 498. The van der Waals surface area contributed by atoms with E-state index in [1.54, 1.807) is 26.8 Å². The van der Waals surface area contributed by atoms with Gasteiger partial charge in [-0.15, -0.1) is 0 Å². The smallest absolute Gasteiger partial charge is 0.413 e. The third-order valence-corrected chi connectivity index (χ3v) is 2.27. The SMILES string of the molecule is CC.COC(=O)c1cc(Br)cc(NC(=O)OC(C)(C)C)n1. The highest BCUT2D eigenvalue weighted by Crippen LogP contribution is 2.17. The number of aromatic nitrogens is 1. The molecule has 0 radical (unpaired) electrons. The fourth-order valence-corrected chi connectivity index (χ4v) is 1.61. The summed E-state index contributed by atoms with van der Waals surface area (Å²) in [5.41, 5.74) is -0.524. The van der Waals surface area contributed by atoms with Crippen molar-refractivity contribution >= 4 is 33.8 Å². The van der Waals surface area contributed by atoms with E-state index in [4.69, 9.17) is 4.74 Å². The first-order chi connectivity index (χ1) is 9.71. The number of hydrogen-bond donors (Lipinski definition) is 1. The van der Waals surface area contributed by atoms with Crippen molar-refractivity contribution in [1.82, 2.24) is 4.98 Å². The van der Waals surface area contributed by atoms with Gasteiger partial charge in [0.15, 0.2) is 5.69 Å². The second kappa shape index (κ2) is 8.61. The molecule has 0 aliphatic heterocycles. The molecule has 0 unspecified atom stereocenters. The number of ether oxygens (including phenoxy) is 2. The second-order valence-electron chi connectivity index (χ2n) is 4.67. The number of nitrogens with one attached hydrogen (secondary N) is 1. The monoisotopic (exact) mass is 360 g/mol. The lowest BCUT2D eigenvalue weighted by atomic mass is 10.2. The van der Waals surface area contributed by atoms with Crippen LogP contribution in [-0.4, -0.2) is 29.8 Å². The lowest BCUT2D eigenvalue weighted by Crippen LogP contribution is -2.27. The number of rotatable bonds is 2. The maximum Gasteiger partial charge on any atom is 0.413 e. The van der Waals surface area contributed by atoms with Crippen LogP contribution in [0.5, 0.6) is 0 Å². The zero-order valence-corrected chi connectivity index (χ0v) is 14.7. The van der Waals surface area contributed by atoms with E-state index in [1.807, 2.05) is 13.8 Å². The first kappa shape index (κ1) is 19.4. The molecule has 118 valence electrons. The van der Waals surface area contributed by atoms with E-state index in [9.17, 15) is 9.59 Å². The zero-order valence-electron chi connectivity index (χ0n) is 13.1. The normalized spacial score (nSPS) is 10.0. The number of amides is 1. The molecule has 1 aromatic rings. The molecule has 0 aliphatic carbocycles. The van der Waals surface area contributed by atoms with Crippen LogP contribution in [0.15, 0.2) is 16.6 Å². The maximum absolute atomic E-state index is 11.6. The van der Waals surface area contributed by atoms with Gasteiger partial charge in [0.05, 0.1) is 7.11 Å². The third-order valence-electron chi connectivity index (χ3n) is 1.81. The first-order valence-electron chi connectivity index (χ1n) is 6.47. The Morgan fingerprint density at radius 2 is 1.81 bits per heavy atom. The highest BCUT2D eigenvalue weighted by molar-refractivity contribution is 9.10. The molecule has 1 rings (SSSR count). The van der Waals surface area contributed by atoms with Gasteiger partial charge in [0, 0.05) is 4.47 Å². The van der Waals surface area contributed by atoms with Gasteiger partial charge in [-0.1, -0.05) is 29.8 Å². The largest absolute Gasteiger partial charge is 0.464 e. The fraction of sp³-hybridized carbons (Fsp3) is 0.500. The minimum absolute atomic E-state index is 0.0860. The van der Waals surface area contributed by atoms with E-state index < -0.39 is 17.7 Å². The lowest BCUT2D eigenvalue weighted by Gasteiger charge is -2.19. The molecule has 1 N–H and O–H groups in total. The Balaban J connectivity index is 0.00000191. The predicted molar refractivity (Wildman–Crippen MR) is 84.5 cm³/mol. The molecule has 21 heavy (non-hydrogen) atoms. The summed E-state index contributed by atoms with van der Waals surface area (Å²) in [5, 5.41) is 2.45. The maximum atomic E-state index is 11.6. The molecule has 1 aromatic heterocycles. The van der Waals surface area contributed by atoms with E-state index in [2.05, 4.69) is 31.0 Å². The van der Waals surface area contributed by atoms with Crippen LogP contribution in [0.2, 0.25) is 0 Å². The molecule has 1 heterocycles. The van der Waals surface area contributed by atoms with E-state index in [-0.39, 0.29) is 11.5 Å². The fourth-order valence-electron chi connectivity index (χ4n) is 1.18. The van der Waals surface area contributed by atoms with Crippen molar-refractivity contribution in [3.63, 3.8) is 0 Å². The van der Waals surface area contributed by atoms with Crippen LogP contribution in [0.4, 0.5) is 10.6 Å². The van der Waals surface area contributed by atoms with Gasteiger partial charge in [0.2, 0.25) is 0 Å². The molecule has 0 atom stereocenters. The van der Waals surface area contributed by atoms with E-state index >= 15 is 0 Å². The number of nitrogens with zero attached hydrogens (tertiary/aromatic N) is 1. The molecular weight excluding hydrogens is 340 g/mol. The molecule has 0 bridgehead atoms. The highest BCUT2D eigenvalue weighted by atomic mass is 79.9. The lowest BCUT2D eigenvalue weighted by molar-refractivity contribution is 0.0589. The van der Waals surface area contributed by atoms with Crippen LogP contribution in [-0.2, 0) is 9.47 Å². The molecule has 0 aromatic carbocycles. The van der Waals surface area contributed by atoms with Gasteiger partial charge < -0.3 is 9.47 Å². The average molecular weight is 361 g/mol. The summed E-state index contributed by atoms with van der Waals surface area (Å²) in [7, 11) is 1.26. The third kappa shape index (κ3) is 7.65. The minimum Gasteiger partial charge on any atom is -0.464 e. The van der Waals surface area contributed by atoms with Crippen molar-refractivity contribution in [2.24, 2.45) is 0 Å². The molecular formula is C14H21BrN2O4. The summed E-state index contributed by atoms with van der Waals surface area (Å²) in [6.45, 7) is 9.25. The Kier molecular flexibility index (Phi) is 7.94. The first-order valence-corrected chi connectivity index (χ1v) is 7.26. The predicted octanol–water partition coefficient (Wildman–Crippen LogP) is 4.00. The van der Waals surface area contributed by atoms with Crippen molar-refractivity contribution in [2.75, 3.05) is 12.4 Å². The quantitative estimate of drug-likeness (QED) is 0.806. The van der Waals surface area contributed by atoms with Gasteiger partial charge in [-0.3, -0.25) is 5.32 Å². The average Bonchev–Trinajstić information content (AvgIpc) is 2.37. The summed E-state index contributed by atoms with van der Waals surface area (Å²) in [6.07, 6.45) is -0.645. The molecule has 0 saturated heterocycles. The molecule has 6 nitrogen and oxygen atoms in total. The van der Waals surface area contributed by atoms with E-state index in [0.29, 0.717) is 4.47 Å². The number of hydrogen-bond acceptors (Lipinski definition) is 5. The van der Waals surface area contributed by atoms with Crippen LogP contribution in [0, 0.1) is 0 Å². The van der Waals surface area contributed by atoms with Crippen LogP contribution in [0.1, 0.15) is 45.1 Å². The molecule has 0 saturated carbocycles. The summed E-state index contributed by atoms with van der Waals surface area (Å²) >= 11 is 3.22. The van der Waals surface area contributed by atoms with Crippen molar-refractivity contribution in [2.45, 2.75) is 40.2 Å². The molecule has 0 fully saturated rings. The van der Waals surface area contributed by atoms with Gasteiger partial charge in [0.25, 0.3) is 0 Å². The minimum atomic E-state index is -0.645. The zero-order chi connectivity index (χ0) is 16.6. The summed E-state index contributed by atoms with van der Waals surface area (Å²) in [6, 6.07) is 3.04. The number of pyridine rings is 1. The topological polar surface area (TPSA) is 77.5 Å². The number of methoxy groups -OCH3 is 1. The molecule has 0 aliphatic rings. The van der Waals surface area contributed by atoms with Gasteiger partial charge in [0.1, 0.15) is 11.4 Å². The van der Waals surface area contributed by atoms with Gasteiger partial charge in [-0.05, 0) is 32.9 Å². The van der Waals surface area contributed by atoms with Crippen molar-refractivity contribution < 1.29 is 19.1 Å². The van der Waals surface area contributed by atoms with Gasteiger partial charge in [-0.2, -0.15) is 0 Å². The summed E-state index contributed by atoms with van der Waals surface area (Å²) in [4.78, 5) is 26.9. The summed E-state index contributed by atoms with van der Waals surface area (Å²) < 4.78 is 10.2. The number of anilines is 1. The van der Waals surface area contributed by atoms with Crippen LogP contribution < -0.4 is 5.32 Å². The standard InChI is InChI=1S/C12H15BrN2O4.C2H6/c1-12(2,3)19-11(17)15-9-6-7(13)5-8(14-9)10(16)18-4;1-2/h5-6H,1-4H3,(H,14,15,17);1-2H3. The van der Waals surface area contributed by atoms with Crippen molar-refractivity contribution in [3.8, 4) is 0 Å². The van der Waals surface area contributed by atoms with Crippen LogP contribution >= 0.6 is 15.9 Å². The molecule has 7 heteroatoms. The van der Waals surface area contributed by atoms with E-state index in [1.165, 1.54) is 13.2 Å². The highest BCUT2D eigenvalue weighted by Gasteiger charge is 2.17. The van der Waals surface area contributed by atoms with Gasteiger partial charge in [-0.25, -0.2) is 14.6 Å². The Labute approximate surface area is 133 Å². The second-order valence-corrected chi connectivity index (χ2v) is 5.59. The van der Waals surface area contributed by atoms with Crippen molar-refractivity contribution in [1.29, 1.82) is 0 Å². The number of carbonyl (C=O) groups is 2.